The van der Waals surface area contributed by atoms with Gasteiger partial charge < -0.3 is 5.32 Å². The molecule has 9 nitrogen and oxygen atoms in total. The standard InChI is InChI=1S/C16H10N4O5S/c21-15-12(9-10-5-7-11(8-6-10)19(22)23)17-16(26)18(15)13-3-1-2-4-14(13)20(24)25/h1-9H,(H,17,26)/b12-9-. The smallest absolute Gasteiger partial charge is 0.293 e. The van der Waals surface area contributed by atoms with Crippen LogP contribution < -0.4 is 10.2 Å². The van der Waals surface area contributed by atoms with Crippen molar-refractivity contribution in [2.24, 2.45) is 0 Å². The van der Waals surface area contributed by atoms with Crippen molar-refractivity contribution in [3.8, 4) is 0 Å². The van der Waals surface area contributed by atoms with Crippen LogP contribution in [0.15, 0.2) is 54.2 Å². The third-order valence-electron chi connectivity index (χ3n) is 3.61. The van der Waals surface area contributed by atoms with Gasteiger partial charge in [-0.15, -0.1) is 0 Å². The molecule has 0 saturated carbocycles. The van der Waals surface area contributed by atoms with E-state index in [2.05, 4.69) is 5.32 Å². The molecule has 1 aliphatic rings. The zero-order valence-corrected chi connectivity index (χ0v) is 13.8. The summed E-state index contributed by atoms with van der Waals surface area (Å²) >= 11 is 5.14. The number of nitro benzene ring substituents is 2. The Morgan fingerprint density at radius 1 is 1.00 bits per heavy atom. The van der Waals surface area contributed by atoms with Gasteiger partial charge in [0.1, 0.15) is 11.4 Å². The van der Waals surface area contributed by atoms with Gasteiger partial charge in [-0.1, -0.05) is 12.1 Å². The van der Waals surface area contributed by atoms with Gasteiger partial charge in [-0.3, -0.25) is 25.0 Å². The molecule has 10 heteroatoms. The van der Waals surface area contributed by atoms with Crippen molar-refractivity contribution < 1.29 is 14.6 Å². The fraction of sp³-hybridized carbons (Fsp3) is 0. The van der Waals surface area contributed by atoms with Crippen LogP contribution in [0, 0.1) is 20.2 Å². The lowest BCUT2D eigenvalue weighted by molar-refractivity contribution is -0.384. The molecule has 0 radical (unpaired) electrons. The highest BCUT2D eigenvalue weighted by Crippen LogP contribution is 2.31. The van der Waals surface area contributed by atoms with Crippen LogP contribution in [-0.2, 0) is 4.79 Å². The maximum Gasteiger partial charge on any atom is 0.293 e. The molecule has 2 aromatic rings. The van der Waals surface area contributed by atoms with Gasteiger partial charge in [-0.05, 0) is 42.1 Å². The SMILES string of the molecule is O=C1/C(=C/c2ccc([N+](=O)[O-])cc2)NC(=S)N1c1ccccc1[N+](=O)[O-]. The Bertz CT molecular complexity index is 971. The molecule has 0 spiro atoms. The monoisotopic (exact) mass is 370 g/mol. The first-order valence-corrected chi connectivity index (χ1v) is 7.64. The Balaban J connectivity index is 1.94. The molecule has 0 atom stereocenters. The molecule has 1 amide bonds. The van der Waals surface area contributed by atoms with Gasteiger partial charge in [0.25, 0.3) is 17.3 Å². The number of amides is 1. The minimum atomic E-state index is -0.594. The van der Waals surface area contributed by atoms with Crippen molar-refractivity contribution in [1.82, 2.24) is 5.32 Å². The van der Waals surface area contributed by atoms with Crippen LogP contribution >= 0.6 is 12.2 Å². The van der Waals surface area contributed by atoms with Gasteiger partial charge in [0.15, 0.2) is 5.11 Å². The second-order valence-corrected chi connectivity index (χ2v) is 5.61. The predicted molar refractivity (Wildman–Crippen MR) is 97.4 cm³/mol. The fourth-order valence-electron chi connectivity index (χ4n) is 2.42. The molecule has 130 valence electrons. The summed E-state index contributed by atoms with van der Waals surface area (Å²) in [4.78, 5) is 34.4. The summed E-state index contributed by atoms with van der Waals surface area (Å²) in [5.41, 5.74) is 0.393. The minimum Gasteiger partial charge on any atom is -0.327 e. The molecule has 0 unspecified atom stereocenters. The van der Waals surface area contributed by atoms with Gasteiger partial charge in [-0.25, -0.2) is 4.90 Å². The van der Waals surface area contributed by atoms with E-state index in [9.17, 15) is 25.0 Å². The highest BCUT2D eigenvalue weighted by atomic mass is 32.1. The number of rotatable bonds is 4. The molecule has 0 aromatic heterocycles. The van der Waals surface area contributed by atoms with Crippen molar-refractivity contribution in [2.45, 2.75) is 0 Å². The van der Waals surface area contributed by atoms with Crippen LogP contribution in [-0.4, -0.2) is 20.9 Å². The minimum absolute atomic E-state index is 0.0115. The van der Waals surface area contributed by atoms with Gasteiger partial charge in [0, 0.05) is 18.2 Å². The van der Waals surface area contributed by atoms with Gasteiger partial charge in [0.05, 0.1) is 9.85 Å². The quantitative estimate of drug-likeness (QED) is 0.380. The van der Waals surface area contributed by atoms with Crippen LogP contribution in [0.3, 0.4) is 0 Å². The third-order valence-corrected chi connectivity index (χ3v) is 3.90. The highest BCUT2D eigenvalue weighted by molar-refractivity contribution is 7.80. The van der Waals surface area contributed by atoms with Crippen LogP contribution in [0.2, 0.25) is 0 Å². The topological polar surface area (TPSA) is 119 Å². The zero-order valence-electron chi connectivity index (χ0n) is 13.0. The molecule has 1 aliphatic heterocycles. The number of carbonyl (C=O) groups excluding carboxylic acids is 1. The molecular weight excluding hydrogens is 360 g/mol. The Morgan fingerprint density at radius 3 is 2.27 bits per heavy atom. The summed E-state index contributed by atoms with van der Waals surface area (Å²) in [5, 5.41) is 24.6. The first-order valence-electron chi connectivity index (χ1n) is 7.23. The lowest BCUT2D eigenvalue weighted by Gasteiger charge is -2.13. The van der Waals surface area contributed by atoms with Crippen molar-refractivity contribution in [2.75, 3.05) is 4.90 Å². The van der Waals surface area contributed by atoms with Crippen LogP contribution in [0.5, 0.6) is 0 Å². The largest absolute Gasteiger partial charge is 0.327 e. The van der Waals surface area contributed by atoms with E-state index in [1.54, 1.807) is 6.07 Å². The van der Waals surface area contributed by atoms with Crippen molar-refractivity contribution >= 4 is 46.4 Å². The first kappa shape index (κ1) is 17.2. The number of hydrogen-bond acceptors (Lipinski definition) is 6. The van der Waals surface area contributed by atoms with Crippen LogP contribution in [0.4, 0.5) is 17.1 Å². The predicted octanol–water partition coefficient (Wildman–Crippen LogP) is 2.77. The number of anilines is 1. The zero-order chi connectivity index (χ0) is 18.8. The molecule has 0 aliphatic carbocycles. The molecule has 1 saturated heterocycles. The molecule has 2 aromatic carbocycles. The molecule has 1 heterocycles. The molecule has 1 N–H and O–H groups in total. The number of carbonyl (C=O) groups is 1. The maximum atomic E-state index is 12.6. The van der Waals surface area contributed by atoms with E-state index in [1.165, 1.54) is 48.5 Å². The number of nitro groups is 2. The summed E-state index contributed by atoms with van der Waals surface area (Å²) in [5.74, 6) is -0.553. The van der Waals surface area contributed by atoms with E-state index in [-0.39, 0.29) is 27.9 Å². The Morgan fingerprint density at radius 2 is 1.65 bits per heavy atom. The molecular formula is C16H10N4O5S. The Hall–Kier alpha value is -3.66. The van der Waals surface area contributed by atoms with E-state index in [0.717, 1.165) is 4.90 Å². The van der Waals surface area contributed by atoms with E-state index in [0.29, 0.717) is 5.56 Å². The first-order chi connectivity index (χ1) is 12.4. The number of hydrogen-bond donors (Lipinski definition) is 1. The summed E-state index contributed by atoms with van der Waals surface area (Å²) in [6.07, 6.45) is 1.47. The average Bonchev–Trinajstić information content (AvgIpc) is 2.89. The number of para-hydroxylation sites is 2. The van der Waals surface area contributed by atoms with E-state index < -0.39 is 15.8 Å². The molecule has 1 fully saturated rings. The second kappa shape index (κ2) is 6.69. The number of nitrogens with zero attached hydrogens (tertiary/aromatic N) is 3. The van der Waals surface area contributed by atoms with E-state index >= 15 is 0 Å². The van der Waals surface area contributed by atoms with Crippen molar-refractivity contribution in [3.63, 3.8) is 0 Å². The molecule has 3 rings (SSSR count). The maximum absolute atomic E-state index is 12.6. The second-order valence-electron chi connectivity index (χ2n) is 5.22. The van der Waals surface area contributed by atoms with Crippen molar-refractivity contribution in [1.29, 1.82) is 0 Å². The summed E-state index contributed by atoms with van der Waals surface area (Å²) in [6, 6.07) is 11.4. The summed E-state index contributed by atoms with van der Waals surface area (Å²) in [7, 11) is 0. The fourth-order valence-corrected chi connectivity index (χ4v) is 2.71. The van der Waals surface area contributed by atoms with E-state index in [1.807, 2.05) is 0 Å². The third kappa shape index (κ3) is 3.13. The Kier molecular flexibility index (Phi) is 4.42. The number of benzene rings is 2. The lowest BCUT2D eigenvalue weighted by Crippen LogP contribution is -2.30. The van der Waals surface area contributed by atoms with Crippen LogP contribution in [0.25, 0.3) is 6.08 Å². The summed E-state index contributed by atoms with van der Waals surface area (Å²) in [6.45, 7) is 0. The molecule has 0 bridgehead atoms. The highest BCUT2D eigenvalue weighted by Gasteiger charge is 2.35. The number of thiocarbonyl (C=S) groups is 1. The van der Waals surface area contributed by atoms with Gasteiger partial charge in [0.2, 0.25) is 0 Å². The molecule has 26 heavy (non-hydrogen) atoms. The van der Waals surface area contributed by atoms with Gasteiger partial charge in [-0.2, -0.15) is 0 Å². The van der Waals surface area contributed by atoms with Gasteiger partial charge >= 0.3 is 0 Å². The number of non-ortho nitro benzene ring substituents is 1. The van der Waals surface area contributed by atoms with Crippen molar-refractivity contribution in [3.05, 3.63) is 80.0 Å². The lowest BCUT2D eigenvalue weighted by atomic mass is 10.1. The van der Waals surface area contributed by atoms with Crippen LogP contribution in [0.1, 0.15) is 5.56 Å². The number of nitrogens with one attached hydrogen (secondary N) is 1. The Labute approximate surface area is 151 Å². The average molecular weight is 370 g/mol. The summed E-state index contributed by atoms with van der Waals surface area (Å²) < 4.78 is 0. The normalized spacial score (nSPS) is 15.2. The van der Waals surface area contributed by atoms with E-state index in [4.69, 9.17) is 12.2 Å².